The van der Waals surface area contributed by atoms with E-state index >= 15 is 0 Å². The number of thiazole rings is 1. The van der Waals surface area contributed by atoms with Gasteiger partial charge >= 0.3 is 5.97 Å². The molecule has 3 heterocycles. The number of benzene rings is 2. The average molecular weight is 483 g/mol. The monoisotopic (exact) mass is 482 g/mol. The smallest absolute Gasteiger partial charge is 0.355 e. The van der Waals surface area contributed by atoms with Crippen molar-refractivity contribution in [2.75, 3.05) is 11.1 Å². The molecule has 2 aromatic carbocycles. The van der Waals surface area contributed by atoms with E-state index in [4.69, 9.17) is 5.10 Å². The van der Waals surface area contributed by atoms with Crippen LogP contribution in [0.3, 0.4) is 0 Å². The van der Waals surface area contributed by atoms with Gasteiger partial charge in [-0.2, -0.15) is 5.10 Å². The van der Waals surface area contributed by atoms with Gasteiger partial charge in [-0.25, -0.2) is 9.78 Å². The number of thioether (sulfide) groups is 2. The van der Waals surface area contributed by atoms with Crippen LogP contribution in [0.2, 0.25) is 0 Å². The van der Waals surface area contributed by atoms with Gasteiger partial charge in [0.1, 0.15) is 5.01 Å². The molecule has 2 aliphatic rings. The summed E-state index contributed by atoms with van der Waals surface area (Å²) < 4.78 is 0. The number of fused-ring (bicyclic) bond motifs is 2. The second-order valence-electron chi connectivity index (χ2n) is 7.83. The Bertz CT molecular complexity index is 1200. The molecule has 1 unspecified atom stereocenters. The fourth-order valence-electron chi connectivity index (χ4n) is 3.70. The quantitative estimate of drug-likeness (QED) is 0.389. The second kappa shape index (κ2) is 8.80. The molecule has 164 valence electrons. The van der Waals surface area contributed by atoms with E-state index in [0.29, 0.717) is 0 Å². The van der Waals surface area contributed by atoms with Gasteiger partial charge in [0.25, 0.3) is 0 Å². The van der Waals surface area contributed by atoms with E-state index in [9.17, 15) is 9.90 Å². The molecular formula is C23H22N4O2S3. The first-order valence-corrected chi connectivity index (χ1v) is 13.0. The maximum atomic E-state index is 11.7. The van der Waals surface area contributed by atoms with E-state index in [1.54, 1.807) is 11.8 Å². The van der Waals surface area contributed by atoms with E-state index in [2.05, 4.69) is 40.0 Å². The van der Waals surface area contributed by atoms with Gasteiger partial charge in [0.05, 0.1) is 11.4 Å². The van der Waals surface area contributed by atoms with Crippen molar-refractivity contribution >= 4 is 52.2 Å². The number of anilines is 1. The van der Waals surface area contributed by atoms with Gasteiger partial charge in [0, 0.05) is 38.0 Å². The summed E-state index contributed by atoms with van der Waals surface area (Å²) in [7, 11) is 0. The van der Waals surface area contributed by atoms with Crippen molar-refractivity contribution in [3.63, 3.8) is 0 Å². The zero-order valence-electron chi connectivity index (χ0n) is 17.6. The number of carboxylic acid groups (broad SMARTS) is 1. The first kappa shape index (κ1) is 21.4. The average Bonchev–Trinajstić information content (AvgIpc) is 3.42. The molecule has 0 saturated carbocycles. The first-order chi connectivity index (χ1) is 15.5. The van der Waals surface area contributed by atoms with Gasteiger partial charge in [-0.15, -0.1) is 23.1 Å². The Morgan fingerprint density at radius 1 is 1.25 bits per heavy atom. The molecule has 32 heavy (non-hydrogen) atoms. The zero-order chi connectivity index (χ0) is 22.2. The Hall–Kier alpha value is -2.49. The Kier molecular flexibility index (Phi) is 5.88. The first-order valence-electron chi connectivity index (χ1n) is 10.4. The predicted octanol–water partition coefficient (Wildman–Crippen LogP) is 5.92. The molecule has 0 radical (unpaired) electrons. The Balaban J connectivity index is 1.42. The highest BCUT2D eigenvalue weighted by molar-refractivity contribution is 8.00. The molecule has 0 fully saturated rings. The minimum atomic E-state index is -0.973. The maximum absolute atomic E-state index is 11.7. The minimum absolute atomic E-state index is 0.00759. The lowest BCUT2D eigenvalue weighted by Gasteiger charge is -2.19. The van der Waals surface area contributed by atoms with Crippen LogP contribution in [0.5, 0.6) is 0 Å². The van der Waals surface area contributed by atoms with Crippen molar-refractivity contribution in [2.24, 2.45) is 5.10 Å². The van der Waals surface area contributed by atoms with Crippen molar-refractivity contribution in [3.8, 4) is 10.6 Å². The van der Waals surface area contributed by atoms with E-state index in [1.807, 2.05) is 43.8 Å². The molecule has 9 heteroatoms. The highest BCUT2D eigenvalue weighted by Crippen LogP contribution is 2.38. The SMILES string of the molecule is CC(C)c1sc(-c2ccc3c(c2)/C(=N/NC2Nc4ccccc4S2)CCS3)nc1C(=O)O. The fraction of sp³-hybridized carbons (Fsp3) is 0.261. The fourth-order valence-corrected chi connectivity index (χ4v) is 6.73. The third-order valence-corrected chi connectivity index (χ3v) is 8.80. The molecule has 0 spiro atoms. The van der Waals surface area contributed by atoms with Crippen LogP contribution in [0.4, 0.5) is 5.69 Å². The lowest BCUT2D eigenvalue weighted by Crippen LogP contribution is -2.28. The summed E-state index contributed by atoms with van der Waals surface area (Å²) in [4.78, 5) is 19.3. The molecule has 6 nitrogen and oxygen atoms in total. The van der Waals surface area contributed by atoms with Crippen molar-refractivity contribution in [2.45, 2.75) is 41.5 Å². The molecular weight excluding hydrogens is 460 g/mol. The lowest BCUT2D eigenvalue weighted by molar-refractivity contribution is 0.0690. The van der Waals surface area contributed by atoms with Crippen LogP contribution in [0, 0.1) is 0 Å². The van der Waals surface area contributed by atoms with Crippen LogP contribution in [-0.2, 0) is 0 Å². The van der Waals surface area contributed by atoms with Crippen LogP contribution in [0.1, 0.15) is 47.1 Å². The topological polar surface area (TPSA) is 86.6 Å². The molecule has 5 rings (SSSR count). The molecule has 0 amide bonds. The van der Waals surface area contributed by atoms with Crippen LogP contribution < -0.4 is 10.7 Å². The number of nitrogens with zero attached hydrogens (tertiary/aromatic N) is 2. The standard InChI is InChI=1S/C23H22N4O2S3/c1-12(2)20-19(22(28)29)25-21(32-20)13-7-8-17-14(11-13)15(9-10-30-17)26-27-23-24-16-5-3-4-6-18(16)31-23/h3-8,11-12,23-24,27H,9-10H2,1-2H3,(H,28,29)/b26-15+. The number of hydrogen-bond acceptors (Lipinski definition) is 8. The number of para-hydroxylation sites is 1. The van der Waals surface area contributed by atoms with Crippen LogP contribution in [-0.4, -0.2) is 33.0 Å². The van der Waals surface area contributed by atoms with Crippen LogP contribution in [0.25, 0.3) is 10.6 Å². The molecule has 0 saturated heterocycles. The Labute approximate surface area is 198 Å². The third kappa shape index (κ3) is 4.12. The highest BCUT2D eigenvalue weighted by Gasteiger charge is 2.24. The summed E-state index contributed by atoms with van der Waals surface area (Å²) in [5.74, 6) is 0.122. The van der Waals surface area contributed by atoms with E-state index in [-0.39, 0.29) is 17.1 Å². The number of aromatic nitrogens is 1. The van der Waals surface area contributed by atoms with Crippen LogP contribution >= 0.6 is 34.9 Å². The summed E-state index contributed by atoms with van der Waals surface area (Å²) in [6.07, 6.45) is 0.869. The molecule has 2 aliphatic heterocycles. The van der Waals surface area contributed by atoms with Gasteiger partial charge < -0.3 is 10.4 Å². The predicted molar refractivity (Wildman–Crippen MR) is 133 cm³/mol. The lowest BCUT2D eigenvalue weighted by atomic mass is 10.0. The molecule has 1 aromatic heterocycles. The van der Waals surface area contributed by atoms with Gasteiger partial charge in [0.15, 0.2) is 11.2 Å². The molecule has 0 bridgehead atoms. The van der Waals surface area contributed by atoms with Gasteiger partial charge in [0.2, 0.25) is 0 Å². The Morgan fingerprint density at radius 2 is 2.09 bits per heavy atom. The molecule has 3 aromatic rings. The van der Waals surface area contributed by atoms with E-state index in [1.165, 1.54) is 21.1 Å². The van der Waals surface area contributed by atoms with E-state index < -0.39 is 5.97 Å². The molecule has 3 N–H and O–H groups in total. The summed E-state index contributed by atoms with van der Waals surface area (Å²) >= 11 is 5.00. The summed E-state index contributed by atoms with van der Waals surface area (Å²) in [6.45, 7) is 3.99. The summed E-state index contributed by atoms with van der Waals surface area (Å²) in [6, 6.07) is 14.5. The third-order valence-electron chi connectivity index (χ3n) is 5.25. The van der Waals surface area contributed by atoms with Crippen molar-refractivity contribution < 1.29 is 9.90 Å². The number of carbonyl (C=O) groups is 1. The number of aromatic carboxylic acids is 1. The van der Waals surface area contributed by atoms with E-state index in [0.717, 1.165) is 44.6 Å². The van der Waals surface area contributed by atoms with Crippen molar-refractivity contribution in [1.29, 1.82) is 0 Å². The summed E-state index contributed by atoms with van der Waals surface area (Å²) in [5.41, 5.74) is 7.58. The second-order valence-corrected chi connectivity index (χ2v) is 11.1. The van der Waals surface area contributed by atoms with Crippen molar-refractivity contribution in [3.05, 3.63) is 58.6 Å². The zero-order valence-corrected chi connectivity index (χ0v) is 20.0. The minimum Gasteiger partial charge on any atom is -0.476 e. The van der Waals surface area contributed by atoms with Crippen LogP contribution in [0.15, 0.2) is 57.4 Å². The van der Waals surface area contributed by atoms with Gasteiger partial charge in [-0.3, -0.25) is 5.43 Å². The number of hydrazone groups is 1. The number of nitrogens with one attached hydrogen (secondary N) is 2. The maximum Gasteiger partial charge on any atom is 0.355 e. The summed E-state index contributed by atoms with van der Waals surface area (Å²) in [5, 5.41) is 18.5. The van der Waals surface area contributed by atoms with Crippen molar-refractivity contribution in [1.82, 2.24) is 10.4 Å². The number of carboxylic acids is 1. The Morgan fingerprint density at radius 3 is 2.84 bits per heavy atom. The normalized spacial score (nSPS) is 18.3. The van der Waals surface area contributed by atoms with Gasteiger partial charge in [-0.1, -0.05) is 43.8 Å². The largest absolute Gasteiger partial charge is 0.476 e. The molecule has 1 atom stereocenters. The van der Waals surface area contributed by atoms with Gasteiger partial charge in [-0.05, 0) is 30.2 Å². The number of rotatable bonds is 5. The highest BCUT2D eigenvalue weighted by atomic mass is 32.2. The molecule has 0 aliphatic carbocycles. The number of hydrogen-bond donors (Lipinski definition) is 3.